The highest BCUT2D eigenvalue weighted by Gasteiger charge is 2.12. The summed E-state index contributed by atoms with van der Waals surface area (Å²) in [6.07, 6.45) is 6.91. The number of likely N-dealkylation sites (tertiary alicyclic amines) is 1. The minimum absolute atomic E-state index is 0.0124. The van der Waals surface area contributed by atoms with Gasteiger partial charge in [0, 0.05) is 35.1 Å². The molecule has 1 aliphatic heterocycles. The highest BCUT2D eigenvalue weighted by Crippen LogP contribution is 2.33. The zero-order valence-electron chi connectivity index (χ0n) is 14.6. The number of nitrogens with one attached hydrogen (secondary N) is 1. The van der Waals surface area contributed by atoms with Crippen LogP contribution in [0.5, 0.6) is 5.75 Å². The Hall–Kier alpha value is -1.85. The van der Waals surface area contributed by atoms with Crippen molar-refractivity contribution in [2.24, 2.45) is 0 Å². The van der Waals surface area contributed by atoms with E-state index >= 15 is 0 Å². The van der Waals surface area contributed by atoms with E-state index in [-0.39, 0.29) is 5.91 Å². The minimum atomic E-state index is 0.0124. The maximum absolute atomic E-state index is 12.3. The van der Waals surface area contributed by atoms with Crippen LogP contribution in [0, 0.1) is 0 Å². The molecule has 1 aromatic carbocycles. The fraction of sp³-hybridized carbons (Fsp3) is 0.474. The molecule has 1 saturated heterocycles. The molecule has 25 heavy (non-hydrogen) atoms. The van der Waals surface area contributed by atoms with Gasteiger partial charge in [0.05, 0.1) is 7.11 Å². The third kappa shape index (κ3) is 4.61. The number of piperidine rings is 1. The van der Waals surface area contributed by atoms with Crippen LogP contribution in [-0.2, 0) is 4.79 Å². The summed E-state index contributed by atoms with van der Waals surface area (Å²) in [6, 6.07) is 5.52. The molecule has 0 bridgehead atoms. The van der Waals surface area contributed by atoms with E-state index in [0.717, 1.165) is 36.8 Å². The average molecular weight is 362 g/mol. The topological polar surface area (TPSA) is 54.5 Å². The summed E-state index contributed by atoms with van der Waals surface area (Å²) in [7, 11) is 1.60. The third-order valence-corrected chi connectivity index (χ3v) is 4.93. The summed E-state index contributed by atoms with van der Waals surface area (Å²) in [4.78, 5) is 18.8. The molecule has 6 heteroatoms. The van der Waals surface area contributed by atoms with Crippen molar-refractivity contribution < 1.29 is 9.53 Å². The zero-order chi connectivity index (χ0) is 17.6. The van der Waals surface area contributed by atoms with Gasteiger partial charge in [-0.3, -0.25) is 4.79 Å². The Morgan fingerprint density at radius 2 is 2.08 bits per heavy atom. The summed E-state index contributed by atoms with van der Waals surface area (Å²) in [5.74, 6) is 0.684. The summed E-state index contributed by atoms with van der Waals surface area (Å²) in [6.45, 7) is 3.31. The number of nitrogens with zero attached hydrogens (tertiary/aromatic N) is 2. The molecule has 1 amide bonds. The number of ether oxygens (including phenoxy) is 1. The van der Waals surface area contributed by atoms with E-state index < -0.39 is 0 Å². The van der Waals surface area contributed by atoms with Gasteiger partial charge in [-0.25, -0.2) is 4.98 Å². The van der Waals surface area contributed by atoms with E-state index in [1.54, 1.807) is 13.3 Å². The molecular formula is C19H24ClN3O2. The smallest absolute Gasteiger partial charge is 0.224 e. The van der Waals surface area contributed by atoms with Gasteiger partial charge in [-0.1, -0.05) is 18.0 Å². The van der Waals surface area contributed by atoms with Crippen LogP contribution in [0.4, 0.5) is 5.69 Å². The highest BCUT2D eigenvalue weighted by atomic mass is 35.5. The number of rotatable bonds is 6. The molecule has 0 unspecified atom stereocenters. The largest absolute Gasteiger partial charge is 0.496 e. The second kappa shape index (κ2) is 8.50. The van der Waals surface area contributed by atoms with Crippen LogP contribution in [0.25, 0.3) is 10.8 Å². The number of benzene rings is 1. The Balaban J connectivity index is 1.61. The molecule has 0 spiro atoms. The third-order valence-electron chi connectivity index (χ3n) is 4.62. The van der Waals surface area contributed by atoms with Gasteiger partial charge in [0.15, 0.2) is 0 Å². The first-order chi connectivity index (χ1) is 12.2. The van der Waals surface area contributed by atoms with Crippen LogP contribution >= 0.6 is 11.6 Å². The summed E-state index contributed by atoms with van der Waals surface area (Å²) in [5, 5.41) is 5.00. The predicted octanol–water partition coefficient (Wildman–Crippen LogP) is 4.10. The molecule has 0 aliphatic carbocycles. The van der Waals surface area contributed by atoms with Crippen molar-refractivity contribution in [3.63, 3.8) is 0 Å². The number of amides is 1. The van der Waals surface area contributed by atoms with Crippen LogP contribution in [0.15, 0.2) is 24.4 Å². The number of carbonyl (C=O) groups is 1. The number of hydrogen-bond donors (Lipinski definition) is 1. The number of carbonyl (C=O) groups excluding carboxylic acids is 1. The molecule has 5 nitrogen and oxygen atoms in total. The van der Waals surface area contributed by atoms with Crippen LogP contribution in [0.3, 0.4) is 0 Å². The Morgan fingerprint density at radius 3 is 2.84 bits per heavy atom. The zero-order valence-corrected chi connectivity index (χ0v) is 15.3. The Morgan fingerprint density at radius 1 is 1.28 bits per heavy atom. The standard InChI is InChI=1S/C19H24ClN3O2/c1-25-17-13-14(12-16-15(17)7-8-21-19(16)20)22-18(24)6-5-11-23-9-3-2-4-10-23/h7-8,12-13H,2-6,9-11H2,1H3,(H,22,24). The van der Waals surface area contributed by atoms with E-state index in [0.29, 0.717) is 23.0 Å². The van der Waals surface area contributed by atoms with Gasteiger partial charge < -0.3 is 15.0 Å². The number of pyridine rings is 1. The van der Waals surface area contributed by atoms with E-state index in [2.05, 4.69) is 15.2 Å². The van der Waals surface area contributed by atoms with Crippen molar-refractivity contribution in [2.45, 2.75) is 32.1 Å². The SMILES string of the molecule is COc1cc(NC(=O)CCCN2CCCCC2)cc2c(Cl)nccc12. The molecule has 0 atom stereocenters. The fourth-order valence-corrected chi connectivity index (χ4v) is 3.54. The van der Waals surface area contributed by atoms with Crippen molar-refractivity contribution in [3.05, 3.63) is 29.5 Å². The van der Waals surface area contributed by atoms with Crippen molar-refractivity contribution in [3.8, 4) is 5.75 Å². The van der Waals surface area contributed by atoms with Crippen molar-refractivity contribution in [2.75, 3.05) is 32.1 Å². The van der Waals surface area contributed by atoms with Gasteiger partial charge >= 0.3 is 0 Å². The summed E-state index contributed by atoms with van der Waals surface area (Å²) < 4.78 is 5.42. The minimum Gasteiger partial charge on any atom is -0.496 e. The van der Waals surface area contributed by atoms with Crippen LogP contribution < -0.4 is 10.1 Å². The predicted molar refractivity (Wildman–Crippen MR) is 101 cm³/mol. The number of hydrogen-bond acceptors (Lipinski definition) is 4. The number of fused-ring (bicyclic) bond motifs is 1. The van der Waals surface area contributed by atoms with Gasteiger partial charge in [-0.2, -0.15) is 0 Å². The number of aromatic nitrogens is 1. The normalized spacial score (nSPS) is 15.3. The van der Waals surface area contributed by atoms with E-state index in [4.69, 9.17) is 16.3 Å². The lowest BCUT2D eigenvalue weighted by Crippen LogP contribution is -2.31. The molecule has 1 aromatic heterocycles. The van der Waals surface area contributed by atoms with E-state index in [1.165, 1.54) is 19.3 Å². The lowest BCUT2D eigenvalue weighted by Gasteiger charge is -2.26. The first kappa shape index (κ1) is 18.0. The summed E-state index contributed by atoms with van der Waals surface area (Å²) in [5.41, 5.74) is 0.683. The van der Waals surface area contributed by atoms with Crippen molar-refractivity contribution in [1.82, 2.24) is 9.88 Å². The van der Waals surface area contributed by atoms with E-state index in [1.807, 2.05) is 18.2 Å². The maximum atomic E-state index is 12.3. The summed E-state index contributed by atoms with van der Waals surface area (Å²) >= 11 is 6.18. The first-order valence-electron chi connectivity index (χ1n) is 8.82. The highest BCUT2D eigenvalue weighted by molar-refractivity contribution is 6.34. The number of anilines is 1. The van der Waals surface area contributed by atoms with Crippen molar-refractivity contribution >= 4 is 34.0 Å². The van der Waals surface area contributed by atoms with Crippen molar-refractivity contribution in [1.29, 1.82) is 0 Å². The molecule has 134 valence electrons. The van der Waals surface area contributed by atoms with Crippen LogP contribution in [0.2, 0.25) is 5.15 Å². The molecule has 2 heterocycles. The average Bonchev–Trinajstić information content (AvgIpc) is 2.63. The quantitative estimate of drug-likeness (QED) is 0.787. The molecular weight excluding hydrogens is 338 g/mol. The Bertz CT molecular complexity index is 745. The second-order valence-corrected chi connectivity index (χ2v) is 6.79. The molecule has 1 aliphatic rings. The number of methoxy groups -OCH3 is 1. The molecule has 3 rings (SSSR count). The van der Waals surface area contributed by atoms with Crippen LogP contribution in [0.1, 0.15) is 32.1 Å². The van der Waals surface area contributed by atoms with Crippen LogP contribution in [-0.4, -0.2) is 42.5 Å². The monoisotopic (exact) mass is 361 g/mol. The maximum Gasteiger partial charge on any atom is 0.224 e. The first-order valence-corrected chi connectivity index (χ1v) is 9.19. The Labute approximate surface area is 153 Å². The van der Waals surface area contributed by atoms with Gasteiger partial charge in [0.1, 0.15) is 10.9 Å². The number of halogens is 1. The second-order valence-electron chi connectivity index (χ2n) is 6.43. The lowest BCUT2D eigenvalue weighted by atomic mass is 10.1. The van der Waals surface area contributed by atoms with Gasteiger partial charge in [0.25, 0.3) is 0 Å². The molecule has 1 N–H and O–H groups in total. The lowest BCUT2D eigenvalue weighted by molar-refractivity contribution is -0.116. The van der Waals surface area contributed by atoms with Gasteiger partial charge in [-0.15, -0.1) is 0 Å². The van der Waals surface area contributed by atoms with Gasteiger partial charge in [-0.05, 0) is 51.0 Å². The molecule has 0 saturated carbocycles. The molecule has 2 aromatic rings. The Kier molecular flexibility index (Phi) is 6.10. The molecule has 1 fully saturated rings. The van der Waals surface area contributed by atoms with E-state index in [9.17, 15) is 4.79 Å². The molecule has 0 radical (unpaired) electrons. The fourth-order valence-electron chi connectivity index (χ4n) is 3.33. The van der Waals surface area contributed by atoms with Gasteiger partial charge in [0.2, 0.25) is 5.91 Å².